The van der Waals surface area contributed by atoms with E-state index in [4.69, 9.17) is 18.0 Å². The number of aromatic amines is 2. The Morgan fingerprint density at radius 2 is 2.15 bits per heavy atom. The molecule has 5 nitrogen and oxygen atoms in total. The number of anilines is 1. The average Bonchev–Trinajstić information content (AvgIpc) is 2.47. The van der Waals surface area contributed by atoms with Gasteiger partial charge >= 0.3 is 0 Å². The molecule has 4 N–H and O–H groups in total. The van der Waals surface area contributed by atoms with E-state index in [9.17, 15) is 0 Å². The number of nitrogens with two attached hydrogens (primary N) is 1. The first kappa shape index (κ1) is 8.52. The first-order valence-electron chi connectivity index (χ1n) is 3.50. The molecule has 0 saturated carbocycles. The van der Waals surface area contributed by atoms with Crippen LogP contribution in [0.3, 0.4) is 0 Å². The van der Waals surface area contributed by atoms with Gasteiger partial charge in [0.1, 0.15) is 5.52 Å². The summed E-state index contributed by atoms with van der Waals surface area (Å²) >= 11 is 6.52. The lowest BCUT2D eigenvalue weighted by Gasteiger charge is -1.91. The number of aromatic nitrogens is 4. The van der Waals surface area contributed by atoms with Gasteiger partial charge in [-0.3, -0.25) is 0 Å². The monoisotopic (exact) mass is 213 g/mol. The fraction of sp³-hybridized carbons (Fsp3) is 0.167. The first-order valence-corrected chi connectivity index (χ1v) is 5.13. The van der Waals surface area contributed by atoms with E-state index in [-0.39, 0.29) is 5.95 Å². The molecule has 0 unspecified atom stereocenters. The lowest BCUT2D eigenvalue weighted by atomic mass is 10.6. The van der Waals surface area contributed by atoms with Crippen molar-refractivity contribution in [2.24, 2.45) is 0 Å². The number of fused-ring (bicyclic) bond motifs is 1. The van der Waals surface area contributed by atoms with Gasteiger partial charge in [0, 0.05) is 0 Å². The molecule has 68 valence electrons. The molecule has 0 radical (unpaired) electrons. The summed E-state index contributed by atoms with van der Waals surface area (Å²) in [5.74, 6) is 0.289. The second kappa shape index (κ2) is 3.00. The largest absolute Gasteiger partial charge is 0.369 e. The summed E-state index contributed by atoms with van der Waals surface area (Å²) in [6, 6.07) is 0. The van der Waals surface area contributed by atoms with Crippen molar-refractivity contribution in [1.29, 1.82) is 0 Å². The minimum Gasteiger partial charge on any atom is -0.369 e. The highest BCUT2D eigenvalue weighted by Gasteiger charge is 2.04. The number of hydrogen-bond donors (Lipinski definition) is 3. The van der Waals surface area contributed by atoms with Gasteiger partial charge in [0.15, 0.2) is 15.4 Å². The molecule has 2 aromatic heterocycles. The van der Waals surface area contributed by atoms with Gasteiger partial charge in [0.2, 0.25) is 5.95 Å². The molecule has 7 heteroatoms. The number of H-pyrrole nitrogens is 2. The molecule has 0 spiro atoms. The van der Waals surface area contributed by atoms with Crippen molar-refractivity contribution < 1.29 is 0 Å². The molecule has 0 atom stereocenters. The van der Waals surface area contributed by atoms with Crippen LogP contribution in [0.2, 0.25) is 0 Å². The van der Waals surface area contributed by atoms with Crippen LogP contribution in [0.15, 0.2) is 5.16 Å². The van der Waals surface area contributed by atoms with E-state index in [0.717, 1.165) is 10.7 Å². The summed E-state index contributed by atoms with van der Waals surface area (Å²) in [6.45, 7) is 0. The number of nitrogens with zero attached hydrogens (tertiary/aromatic N) is 2. The van der Waals surface area contributed by atoms with Gasteiger partial charge in [0.25, 0.3) is 0 Å². The fourth-order valence-electron chi connectivity index (χ4n) is 1.01. The maximum absolute atomic E-state index is 5.48. The van der Waals surface area contributed by atoms with Gasteiger partial charge in [-0.1, -0.05) is 24.0 Å². The van der Waals surface area contributed by atoms with Gasteiger partial charge < -0.3 is 15.7 Å². The molecular weight excluding hydrogens is 206 g/mol. The molecule has 13 heavy (non-hydrogen) atoms. The minimum absolute atomic E-state index is 0.289. The van der Waals surface area contributed by atoms with Crippen molar-refractivity contribution in [3.63, 3.8) is 0 Å². The fourth-order valence-corrected chi connectivity index (χ4v) is 1.64. The number of nitrogen functional groups attached to an aromatic ring is 1. The Labute approximate surface area is 83.2 Å². The van der Waals surface area contributed by atoms with Crippen LogP contribution in [0.25, 0.3) is 11.2 Å². The van der Waals surface area contributed by atoms with E-state index in [2.05, 4.69) is 19.9 Å². The van der Waals surface area contributed by atoms with Gasteiger partial charge in [0.05, 0.1) is 0 Å². The Morgan fingerprint density at radius 1 is 1.38 bits per heavy atom. The van der Waals surface area contributed by atoms with Gasteiger partial charge in [-0.2, -0.15) is 0 Å². The average molecular weight is 213 g/mol. The normalized spacial score (nSPS) is 10.8. The molecule has 2 aromatic rings. The highest BCUT2D eigenvalue weighted by Crippen LogP contribution is 2.16. The predicted molar refractivity (Wildman–Crippen MR) is 55.3 cm³/mol. The summed E-state index contributed by atoms with van der Waals surface area (Å²) in [6.07, 6.45) is 1.93. The SMILES string of the molecule is CSc1nc2[nH]c(N)nc(=S)c2[nH]1. The number of thioether (sulfide) groups is 1. The quantitative estimate of drug-likeness (QED) is 0.491. The standard InChI is InChI=1S/C6H7N5S2/c1-13-6-8-2-3(10-6)9-5(7)11-4(2)12/h1H3,(H4,7,8,9,10,11,12). The van der Waals surface area contributed by atoms with Crippen molar-refractivity contribution in [3.8, 4) is 0 Å². The second-order valence-electron chi connectivity index (χ2n) is 2.40. The van der Waals surface area contributed by atoms with Crippen LogP contribution in [-0.2, 0) is 0 Å². The highest BCUT2D eigenvalue weighted by molar-refractivity contribution is 7.98. The third-order valence-electron chi connectivity index (χ3n) is 1.56. The molecule has 0 aliphatic heterocycles. The van der Waals surface area contributed by atoms with E-state index in [1.165, 1.54) is 11.8 Å². The molecule has 0 aromatic carbocycles. The zero-order valence-corrected chi connectivity index (χ0v) is 8.42. The maximum Gasteiger partial charge on any atom is 0.200 e. The van der Waals surface area contributed by atoms with Crippen LogP contribution in [0.1, 0.15) is 0 Å². The van der Waals surface area contributed by atoms with Gasteiger partial charge in [-0.25, -0.2) is 9.97 Å². The minimum atomic E-state index is 0.289. The van der Waals surface area contributed by atoms with Crippen molar-refractivity contribution in [2.45, 2.75) is 5.16 Å². The van der Waals surface area contributed by atoms with Crippen LogP contribution < -0.4 is 5.73 Å². The number of rotatable bonds is 1. The Bertz CT molecular complexity index is 499. The molecular formula is C6H7N5S2. The molecule has 2 heterocycles. The molecule has 0 aliphatic rings. The number of nitrogens with one attached hydrogen (secondary N) is 2. The third-order valence-corrected chi connectivity index (χ3v) is 2.43. The summed E-state index contributed by atoms with van der Waals surface area (Å²) in [5.41, 5.74) is 6.87. The Morgan fingerprint density at radius 3 is 2.85 bits per heavy atom. The molecule has 0 amide bonds. The number of hydrogen-bond acceptors (Lipinski definition) is 5. The van der Waals surface area contributed by atoms with Crippen LogP contribution in [0.4, 0.5) is 5.95 Å². The third kappa shape index (κ3) is 1.40. The van der Waals surface area contributed by atoms with E-state index < -0.39 is 0 Å². The van der Waals surface area contributed by atoms with E-state index in [0.29, 0.717) is 10.3 Å². The molecule has 2 rings (SSSR count). The summed E-state index contributed by atoms with van der Waals surface area (Å²) in [7, 11) is 0. The molecule has 0 fully saturated rings. The predicted octanol–water partition coefficient (Wildman–Crippen LogP) is 1.32. The maximum atomic E-state index is 5.48. The van der Waals surface area contributed by atoms with E-state index in [1.807, 2.05) is 6.26 Å². The first-order chi connectivity index (χ1) is 6.20. The Kier molecular flexibility index (Phi) is 1.97. The zero-order valence-electron chi connectivity index (χ0n) is 6.79. The van der Waals surface area contributed by atoms with Crippen LogP contribution >= 0.6 is 24.0 Å². The Balaban J connectivity index is 2.83. The van der Waals surface area contributed by atoms with Crippen molar-refractivity contribution in [1.82, 2.24) is 19.9 Å². The van der Waals surface area contributed by atoms with E-state index >= 15 is 0 Å². The highest BCUT2D eigenvalue weighted by atomic mass is 32.2. The van der Waals surface area contributed by atoms with Gasteiger partial charge in [-0.15, -0.1) is 0 Å². The smallest absolute Gasteiger partial charge is 0.200 e. The molecule has 0 saturated heterocycles. The number of imidazole rings is 1. The summed E-state index contributed by atoms with van der Waals surface area (Å²) in [4.78, 5) is 14.0. The lowest BCUT2D eigenvalue weighted by Crippen LogP contribution is -1.94. The Hall–Kier alpha value is -1.08. The molecule has 0 bridgehead atoms. The van der Waals surface area contributed by atoms with Gasteiger partial charge in [-0.05, 0) is 6.26 Å². The van der Waals surface area contributed by atoms with Crippen molar-refractivity contribution in [3.05, 3.63) is 4.64 Å². The van der Waals surface area contributed by atoms with Crippen LogP contribution in [0.5, 0.6) is 0 Å². The topological polar surface area (TPSA) is 83.4 Å². The zero-order chi connectivity index (χ0) is 9.42. The lowest BCUT2D eigenvalue weighted by molar-refractivity contribution is 1.08. The van der Waals surface area contributed by atoms with Crippen LogP contribution in [0, 0.1) is 4.64 Å². The van der Waals surface area contributed by atoms with E-state index in [1.54, 1.807) is 0 Å². The van der Waals surface area contributed by atoms with Crippen molar-refractivity contribution in [2.75, 3.05) is 12.0 Å². The molecule has 0 aliphatic carbocycles. The van der Waals surface area contributed by atoms with Crippen molar-refractivity contribution >= 4 is 41.1 Å². The summed E-state index contributed by atoms with van der Waals surface area (Å²) in [5, 5.41) is 0.796. The summed E-state index contributed by atoms with van der Waals surface area (Å²) < 4.78 is 0.444. The second-order valence-corrected chi connectivity index (χ2v) is 3.58. The van der Waals surface area contributed by atoms with Crippen LogP contribution in [-0.4, -0.2) is 26.2 Å².